The fourth-order valence-electron chi connectivity index (χ4n) is 1.98. The summed E-state index contributed by atoms with van der Waals surface area (Å²) in [5.41, 5.74) is 0.588. The fourth-order valence-corrected chi connectivity index (χ4v) is 5.23. The molecule has 0 saturated carbocycles. The average molecular weight is 203 g/mol. The molecule has 0 amide bonds. The first-order chi connectivity index (χ1) is 6.20. The van der Waals surface area contributed by atoms with Crippen molar-refractivity contribution in [1.82, 2.24) is 0 Å². The van der Waals surface area contributed by atoms with Gasteiger partial charge in [0.15, 0.2) is 0 Å². The highest BCUT2D eigenvalue weighted by Crippen LogP contribution is 2.33. The molecule has 79 valence electrons. The molecule has 0 aromatic rings. The predicted octanol–water partition coefficient (Wildman–Crippen LogP) is 3.14. The summed E-state index contributed by atoms with van der Waals surface area (Å²) in [5.74, 6) is 0. The second-order valence-electron chi connectivity index (χ2n) is 3.32. The van der Waals surface area contributed by atoms with Crippen LogP contribution in [0, 0.1) is 6.92 Å². The van der Waals surface area contributed by atoms with Crippen LogP contribution in [0.3, 0.4) is 0 Å². The summed E-state index contributed by atoms with van der Waals surface area (Å²) in [4.78, 5) is 0. The molecule has 0 aliphatic carbocycles. The monoisotopic (exact) mass is 203 g/mol. The third kappa shape index (κ3) is 3.08. The maximum absolute atomic E-state index is 5.63. The molecular weight excluding hydrogens is 180 g/mol. The van der Waals surface area contributed by atoms with Crippen molar-refractivity contribution in [3.8, 4) is 0 Å². The largest absolute Gasteiger partial charge is 0.397 e. The molecule has 0 aliphatic heterocycles. The van der Waals surface area contributed by atoms with E-state index in [9.17, 15) is 0 Å². The minimum absolute atomic E-state index is 0.588. The molecular formula is C10H23O2Si. The third-order valence-electron chi connectivity index (χ3n) is 2.85. The summed E-state index contributed by atoms with van der Waals surface area (Å²) in [7, 11) is 1.66. The van der Waals surface area contributed by atoms with Crippen molar-refractivity contribution in [3.05, 3.63) is 6.92 Å². The highest BCUT2D eigenvalue weighted by molar-refractivity contribution is 6.68. The fraction of sp³-hybridized carbons (Fsp3) is 0.900. The van der Waals surface area contributed by atoms with Crippen molar-refractivity contribution in [1.29, 1.82) is 0 Å². The molecule has 0 heterocycles. The SMILES string of the molecule is [CH2]CCC(CC)[Si](CC)(OC)OC. The Hall–Kier alpha value is 0.137. The summed E-state index contributed by atoms with van der Waals surface area (Å²) in [6.45, 7) is 8.26. The normalized spacial score (nSPS) is 14.5. The summed E-state index contributed by atoms with van der Waals surface area (Å²) < 4.78 is 11.3. The van der Waals surface area contributed by atoms with Crippen molar-refractivity contribution < 1.29 is 8.85 Å². The van der Waals surface area contributed by atoms with E-state index in [2.05, 4.69) is 20.8 Å². The first kappa shape index (κ1) is 13.1. The van der Waals surface area contributed by atoms with E-state index in [1.807, 2.05) is 0 Å². The van der Waals surface area contributed by atoms with Gasteiger partial charge >= 0.3 is 8.56 Å². The van der Waals surface area contributed by atoms with Crippen LogP contribution >= 0.6 is 0 Å². The molecule has 3 heteroatoms. The Bertz CT molecular complexity index is 116. The Balaban J connectivity index is 4.45. The molecule has 1 atom stereocenters. The van der Waals surface area contributed by atoms with Gasteiger partial charge in [0.1, 0.15) is 0 Å². The van der Waals surface area contributed by atoms with Crippen molar-refractivity contribution in [2.24, 2.45) is 0 Å². The van der Waals surface area contributed by atoms with Crippen molar-refractivity contribution in [2.45, 2.75) is 44.7 Å². The van der Waals surface area contributed by atoms with Gasteiger partial charge in [0.05, 0.1) is 0 Å². The first-order valence-corrected chi connectivity index (χ1v) is 7.20. The van der Waals surface area contributed by atoms with Crippen LogP contribution in [-0.2, 0) is 8.85 Å². The van der Waals surface area contributed by atoms with Crippen molar-refractivity contribution in [3.63, 3.8) is 0 Å². The average Bonchev–Trinajstić information content (AvgIpc) is 2.19. The lowest BCUT2D eigenvalue weighted by Gasteiger charge is -2.33. The van der Waals surface area contributed by atoms with Gasteiger partial charge in [-0.15, -0.1) is 0 Å². The lowest BCUT2D eigenvalue weighted by molar-refractivity contribution is 0.225. The van der Waals surface area contributed by atoms with Gasteiger partial charge in [-0.3, -0.25) is 0 Å². The van der Waals surface area contributed by atoms with Crippen LogP contribution in [0.1, 0.15) is 33.1 Å². The van der Waals surface area contributed by atoms with Gasteiger partial charge in [0.25, 0.3) is 0 Å². The van der Waals surface area contributed by atoms with E-state index in [0.717, 1.165) is 25.3 Å². The molecule has 0 rings (SSSR count). The summed E-state index contributed by atoms with van der Waals surface area (Å²) in [5, 5.41) is 0. The van der Waals surface area contributed by atoms with Gasteiger partial charge < -0.3 is 8.85 Å². The van der Waals surface area contributed by atoms with Crippen LogP contribution in [0.15, 0.2) is 0 Å². The first-order valence-electron chi connectivity index (χ1n) is 5.10. The Morgan fingerprint density at radius 1 is 1.23 bits per heavy atom. The lowest BCUT2D eigenvalue weighted by atomic mass is 10.2. The molecule has 0 N–H and O–H groups in total. The third-order valence-corrected chi connectivity index (χ3v) is 7.16. The van der Waals surface area contributed by atoms with Crippen LogP contribution in [0.4, 0.5) is 0 Å². The zero-order valence-electron chi connectivity index (χ0n) is 9.43. The van der Waals surface area contributed by atoms with E-state index in [4.69, 9.17) is 8.85 Å². The minimum atomic E-state index is -1.91. The van der Waals surface area contributed by atoms with Gasteiger partial charge in [0, 0.05) is 19.8 Å². The Morgan fingerprint density at radius 3 is 2.00 bits per heavy atom. The number of hydrogen-bond acceptors (Lipinski definition) is 2. The van der Waals surface area contributed by atoms with Crippen LogP contribution in [0.5, 0.6) is 0 Å². The number of hydrogen-bond donors (Lipinski definition) is 0. The second kappa shape index (κ2) is 6.57. The topological polar surface area (TPSA) is 18.5 Å². The van der Waals surface area contributed by atoms with E-state index in [-0.39, 0.29) is 0 Å². The molecule has 0 saturated heterocycles. The maximum Gasteiger partial charge on any atom is 0.340 e. The molecule has 0 aromatic heterocycles. The standard InChI is InChI=1S/C10H23O2Si/c1-6-9-10(7-2)13(8-3,11-4)12-5/h10H,1,6-9H2,2-5H3. The zero-order valence-corrected chi connectivity index (χ0v) is 10.4. The molecule has 0 spiro atoms. The number of rotatable bonds is 7. The van der Waals surface area contributed by atoms with Crippen LogP contribution in [0.2, 0.25) is 11.6 Å². The summed E-state index contributed by atoms with van der Waals surface area (Å²) in [6.07, 6.45) is 3.23. The quantitative estimate of drug-likeness (QED) is 0.592. The molecule has 0 bridgehead atoms. The summed E-state index contributed by atoms with van der Waals surface area (Å²) in [6, 6.07) is 1.03. The van der Waals surface area contributed by atoms with E-state index >= 15 is 0 Å². The van der Waals surface area contributed by atoms with Crippen LogP contribution in [0.25, 0.3) is 0 Å². The van der Waals surface area contributed by atoms with E-state index in [1.165, 1.54) is 0 Å². The molecule has 13 heavy (non-hydrogen) atoms. The van der Waals surface area contributed by atoms with E-state index in [1.54, 1.807) is 14.2 Å². The van der Waals surface area contributed by atoms with Gasteiger partial charge in [-0.05, 0) is 12.5 Å². The Labute approximate surface area is 83.9 Å². The van der Waals surface area contributed by atoms with Crippen LogP contribution < -0.4 is 0 Å². The van der Waals surface area contributed by atoms with E-state index in [0.29, 0.717) is 5.54 Å². The molecule has 0 fully saturated rings. The molecule has 2 nitrogen and oxygen atoms in total. The van der Waals surface area contributed by atoms with Crippen molar-refractivity contribution in [2.75, 3.05) is 14.2 Å². The second-order valence-corrected chi connectivity index (χ2v) is 7.28. The molecule has 0 aromatic carbocycles. The molecule has 1 unspecified atom stereocenters. The van der Waals surface area contributed by atoms with Gasteiger partial charge in [-0.25, -0.2) is 0 Å². The van der Waals surface area contributed by atoms with Gasteiger partial charge in [-0.1, -0.05) is 33.6 Å². The predicted molar refractivity (Wildman–Crippen MR) is 58.9 cm³/mol. The maximum atomic E-state index is 5.63. The highest BCUT2D eigenvalue weighted by atomic mass is 28.4. The highest BCUT2D eigenvalue weighted by Gasteiger charge is 2.40. The van der Waals surface area contributed by atoms with Gasteiger partial charge in [0.2, 0.25) is 0 Å². The molecule has 1 radical (unpaired) electrons. The molecule has 0 aliphatic rings. The smallest absolute Gasteiger partial charge is 0.340 e. The van der Waals surface area contributed by atoms with E-state index < -0.39 is 8.56 Å². The minimum Gasteiger partial charge on any atom is -0.397 e. The lowest BCUT2D eigenvalue weighted by Crippen LogP contribution is -2.44. The van der Waals surface area contributed by atoms with Crippen molar-refractivity contribution >= 4 is 8.56 Å². The van der Waals surface area contributed by atoms with Gasteiger partial charge in [-0.2, -0.15) is 0 Å². The summed E-state index contributed by atoms with van der Waals surface area (Å²) >= 11 is 0. The Kier molecular flexibility index (Phi) is 6.64. The Morgan fingerprint density at radius 2 is 1.77 bits per heavy atom. The zero-order chi connectivity index (χ0) is 10.3. The van der Waals surface area contributed by atoms with Crippen LogP contribution in [-0.4, -0.2) is 22.8 Å².